The van der Waals surface area contributed by atoms with Crippen molar-refractivity contribution in [3.63, 3.8) is 0 Å². The minimum atomic E-state index is -0.285. The van der Waals surface area contributed by atoms with Crippen LogP contribution in [0.5, 0.6) is 0 Å². The molecule has 2 heteroatoms. The Morgan fingerprint density at radius 2 is 1.71 bits per heavy atom. The molecule has 1 fully saturated rings. The molecule has 1 unspecified atom stereocenters. The second-order valence-corrected chi connectivity index (χ2v) is 6.11. The maximum Gasteiger partial charge on any atom is 0.0572 e. The molecule has 1 aliphatic rings. The molecule has 1 rings (SSSR count). The van der Waals surface area contributed by atoms with E-state index in [1.807, 2.05) is 6.92 Å². The van der Waals surface area contributed by atoms with Crippen molar-refractivity contribution < 1.29 is 10.2 Å². The molecule has 17 heavy (non-hydrogen) atoms. The number of aliphatic hydroxyl groups excluding tert-OH is 2. The van der Waals surface area contributed by atoms with E-state index in [9.17, 15) is 10.2 Å². The third-order valence-corrected chi connectivity index (χ3v) is 4.49. The van der Waals surface area contributed by atoms with E-state index < -0.39 is 0 Å². The largest absolute Gasteiger partial charge is 0.393 e. The zero-order valence-corrected chi connectivity index (χ0v) is 11.7. The SMILES string of the molecule is CCC[C@@H](CC(O)C1CCC(C)CC1)[C@H](C)O. The minimum absolute atomic E-state index is 0.200. The van der Waals surface area contributed by atoms with Gasteiger partial charge >= 0.3 is 0 Å². The fraction of sp³-hybridized carbons (Fsp3) is 1.00. The first-order chi connectivity index (χ1) is 8.04. The predicted molar refractivity (Wildman–Crippen MR) is 71.8 cm³/mol. The molecule has 102 valence electrons. The lowest BCUT2D eigenvalue weighted by Gasteiger charge is -2.32. The highest BCUT2D eigenvalue weighted by Gasteiger charge is 2.27. The Bertz CT molecular complexity index is 195. The van der Waals surface area contributed by atoms with Crippen molar-refractivity contribution in [2.24, 2.45) is 17.8 Å². The van der Waals surface area contributed by atoms with Crippen LogP contribution in [0.1, 0.15) is 65.7 Å². The van der Waals surface area contributed by atoms with Crippen LogP contribution < -0.4 is 0 Å². The summed E-state index contributed by atoms with van der Waals surface area (Å²) in [5.74, 6) is 1.58. The third kappa shape index (κ3) is 4.97. The second kappa shape index (κ2) is 7.38. The normalized spacial score (nSPS) is 30.9. The van der Waals surface area contributed by atoms with E-state index in [0.29, 0.717) is 5.92 Å². The van der Waals surface area contributed by atoms with Crippen LogP contribution in [0.3, 0.4) is 0 Å². The minimum Gasteiger partial charge on any atom is -0.393 e. The number of hydrogen-bond donors (Lipinski definition) is 2. The van der Waals surface area contributed by atoms with Gasteiger partial charge in [0.25, 0.3) is 0 Å². The van der Waals surface area contributed by atoms with Gasteiger partial charge in [-0.1, -0.05) is 33.1 Å². The zero-order chi connectivity index (χ0) is 12.8. The Balaban J connectivity index is 2.38. The van der Waals surface area contributed by atoms with Crippen molar-refractivity contribution in [1.29, 1.82) is 0 Å². The summed E-state index contributed by atoms with van der Waals surface area (Å²) in [5, 5.41) is 20.0. The topological polar surface area (TPSA) is 40.5 Å². The van der Waals surface area contributed by atoms with E-state index in [2.05, 4.69) is 13.8 Å². The van der Waals surface area contributed by atoms with E-state index >= 15 is 0 Å². The first-order valence-electron chi connectivity index (χ1n) is 7.40. The summed E-state index contributed by atoms with van der Waals surface area (Å²) in [7, 11) is 0. The zero-order valence-electron chi connectivity index (χ0n) is 11.7. The van der Waals surface area contributed by atoms with Gasteiger partial charge in [0, 0.05) is 0 Å². The van der Waals surface area contributed by atoms with Crippen LogP contribution in [-0.2, 0) is 0 Å². The Hall–Kier alpha value is -0.0800. The first-order valence-corrected chi connectivity index (χ1v) is 7.40. The van der Waals surface area contributed by atoms with Crippen LogP contribution in [0.2, 0.25) is 0 Å². The highest BCUT2D eigenvalue weighted by Crippen LogP contribution is 2.33. The molecule has 0 saturated heterocycles. The summed E-state index contributed by atoms with van der Waals surface area (Å²) in [6.07, 6.45) is 7.26. The average molecular weight is 242 g/mol. The van der Waals surface area contributed by atoms with E-state index in [0.717, 1.165) is 25.2 Å². The van der Waals surface area contributed by atoms with E-state index in [1.165, 1.54) is 25.7 Å². The molecule has 0 aliphatic heterocycles. The lowest BCUT2D eigenvalue weighted by molar-refractivity contribution is 0.0235. The van der Waals surface area contributed by atoms with Crippen molar-refractivity contribution in [1.82, 2.24) is 0 Å². The van der Waals surface area contributed by atoms with Crippen LogP contribution >= 0.6 is 0 Å². The van der Waals surface area contributed by atoms with Crippen LogP contribution in [0.15, 0.2) is 0 Å². The smallest absolute Gasteiger partial charge is 0.0572 e. The summed E-state index contributed by atoms with van der Waals surface area (Å²) in [4.78, 5) is 0. The molecule has 0 radical (unpaired) electrons. The molecule has 1 saturated carbocycles. The molecule has 0 bridgehead atoms. The van der Waals surface area contributed by atoms with Crippen molar-refractivity contribution in [2.75, 3.05) is 0 Å². The molecular weight excluding hydrogens is 212 g/mol. The molecule has 0 aromatic heterocycles. The number of aliphatic hydroxyl groups is 2. The fourth-order valence-corrected chi connectivity index (χ4v) is 3.10. The molecule has 2 N–H and O–H groups in total. The van der Waals surface area contributed by atoms with Crippen LogP contribution in [0.4, 0.5) is 0 Å². The van der Waals surface area contributed by atoms with Crippen molar-refractivity contribution >= 4 is 0 Å². The Kier molecular flexibility index (Phi) is 6.50. The van der Waals surface area contributed by atoms with Gasteiger partial charge < -0.3 is 10.2 Å². The molecule has 0 spiro atoms. The molecule has 0 amide bonds. The van der Waals surface area contributed by atoms with Gasteiger partial charge in [-0.05, 0) is 50.4 Å². The maximum atomic E-state index is 10.3. The number of hydrogen-bond acceptors (Lipinski definition) is 2. The molecule has 1 aliphatic carbocycles. The monoisotopic (exact) mass is 242 g/mol. The highest BCUT2D eigenvalue weighted by atomic mass is 16.3. The molecule has 0 aromatic carbocycles. The van der Waals surface area contributed by atoms with Gasteiger partial charge in [-0.3, -0.25) is 0 Å². The van der Waals surface area contributed by atoms with Gasteiger partial charge in [-0.25, -0.2) is 0 Å². The fourth-order valence-electron chi connectivity index (χ4n) is 3.10. The summed E-state index contributed by atoms with van der Waals surface area (Å²) in [5.41, 5.74) is 0. The van der Waals surface area contributed by atoms with E-state index in [-0.39, 0.29) is 18.1 Å². The summed E-state index contributed by atoms with van der Waals surface area (Å²) in [6, 6.07) is 0. The Labute approximate surface area is 106 Å². The van der Waals surface area contributed by atoms with Gasteiger partial charge in [0.15, 0.2) is 0 Å². The summed E-state index contributed by atoms with van der Waals surface area (Å²) < 4.78 is 0. The second-order valence-electron chi connectivity index (χ2n) is 6.11. The van der Waals surface area contributed by atoms with Crippen LogP contribution in [-0.4, -0.2) is 22.4 Å². The predicted octanol–water partition coefficient (Wildman–Crippen LogP) is 3.36. The first kappa shape index (κ1) is 15.0. The van der Waals surface area contributed by atoms with Crippen molar-refractivity contribution in [3.8, 4) is 0 Å². The lowest BCUT2D eigenvalue weighted by atomic mass is 9.77. The van der Waals surface area contributed by atoms with Crippen LogP contribution in [0.25, 0.3) is 0 Å². The van der Waals surface area contributed by atoms with Crippen LogP contribution in [0, 0.1) is 17.8 Å². The molecular formula is C15H30O2. The van der Waals surface area contributed by atoms with Crippen molar-refractivity contribution in [3.05, 3.63) is 0 Å². The van der Waals surface area contributed by atoms with E-state index in [4.69, 9.17) is 0 Å². The van der Waals surface area contributed by atoms with Gasteiger partial charge in [0.1, 0.15) is 0 Å². The maximum absolute atomic E-state index is 10.3. The van der Waals surface area contributed by atoms with Gasteiger partial charge in [0.2, 0.25) is 0 Å². The third-order valence-electron chi connectivity index (χ3n) is 4.49. The number of rotatable bonds is 6. The lowest BCUT2D eigenvalue weighted by Crippen LogP contribution is -2.30. The van der Waals surface area contributed by atoms with Gasteiger partial charge in [-0.2, -0.15) is 0 Å². The van der Waals surface area contributed by atoms with Crippen molar-refractivity contribution in [2.45, 2.75) is 77.9 Å². The van der Waals surface area contributed by atoms with E-state index in [1.54, 1.807) is 0 Å². The highest BCUT2D eigenvalue weighted by molar-refractivity contribution is 4.79. The van der Waals surface area contributed by atoms with Gasteiger partial charge in [0.05, 0.1) is 12.2 Å². The summed E-state index contributed by atoms with van der Waals surface area (Å²) >= 11 is 0. The standard InChI is InChI=1S/C15H30O2/c1-4-5-14(12(3)16)10-15(17)13-8-6-11(2)7-9-13/h11-17H,4-10H2,1-3H3/t11?,12-,13?,14-,15?/m0/s1. The summed E-state index contributed by atoms with van der Waals surface area (Å²) in [6.45, 7) is 6.30. The average Bonchev–Trinajstić information content (AvgIpc) is 2.29. The molecule has 0 heterocycles. The van der Waals surface area contributed by atoms with Gasteiger partial charge in [-0.15, -0.1) is 0 Å². The quantitative estimate of drug-likeness (QED) is 0.750. The molecule has 3 atom stereocenters. The Morgan fingerprint density at radius 1 is 1.12 bits per heavy atom. The molecule has 0 aromatic rings. The molecule has 2 nitrogen and oxygen atoms in total. The Morgan fingerprint density at radius 3 is 2.18 bits per heavy atom.